The smallest absolute Gasteiger partial charge is 0.136 e. The van der Waals surface area contributed by atoms with Crippen molar-refractivity contribution in [2.75, 3.05) is 13.1 Å². The van der Waals surface area contributed by atoms with Gasteiger partial charge in [-0.05, 0) is 78.1 Å². The van der Waals surface area contributed by atoms with E-state index in [1.165, 1.54) is 0 Å². The van der Waals surface area contributed by atoms with Gasteiger partial charge in [-0.25, -0.2) is 0 Å². The fraction of sp³-hybridized carbons (Fsp3) is 0.133. The monoisotopic (exact) mass is 464 g/mol. The fourth-order valence-electron chi connectivity index (χ4n) is 3.51. The summed E-state index contributed by atoms with van der Waals surface area (Å²) in [6.45, 7) is 1.31. The van der Waals surface area contributed by atoms with Crippen molar-refractivity contribution < 1.29 is 14.9 Å². The highest BCUT2D eigenvalue weighted by Gasteiger charge is 2.03. The third-order valence-electron chi connectivity index (χ3n) is 5.41. The third kappa shape index (κ3) is 7.57. The number of aliphatic imine (C=N–C) groups is 2. The first-order valence-electron chi connectivity index (χ1n) is 11.6. The molecule has 4 aromatic carbocycles. The Morgan fingerprint density at radius 2 is 1.23 bits per heavy atom. The molecule has 0 bridgehead atoms. The second-order valence-corrected chi connectivity index (χ2v) is 8.12. The van der Waals surface area contributed by atoms with E-state index in [-0.39, 0.29) is 11.5 Å². The molecule has 0 aromatic heterocycles. The van der Waals surface area contributed by atoms with Gasteiger partial charge in [0, 0.05) is 31.1 Å². The van der Waals surface area contributed by atoms with Crippen LogP contribution in [0.25, 0.3) is 0 Å². The van der Waals surface area contributed by atoms with Crippen LogP contribution in [-0.4, -0.2) is 35.7 Å². The van der Waals surface area contributed by atoms with Gasteiger partial charge in [-0.1, -0.05) is 48.5 Å². The highest BCUT2D eigenvalue weighted by molar-refractivity contribution is 5.84. The summed E-state index contributed by atoms with van der Waals surface area (Å²) < 4.78 is 6.16. The number of aromatic hydroxyl groups is 2. The Morgan fingerprint density at radius 3 is 1.89 bits per heavy atom. The Balaban J connectivity index is 1.33. The number of benzene rings is 4. The molecule has 0 amide bonds. The van der Waals surface area contributed by atoms with Crippen molar-refractivity contribution in [3.8, 4) is 23.0 Å². The molecule has 0 unspecified atom stereocenters. The molecule has 176 valence electrons. The van der Waals surface area contributed by atoms with Gasteiger partial charge in [-0.2, -0.15) is 0 Å². The first kappa shape index (κ1) is 23.8. The quantitative estimate of drug-likeness (QED) is 0.274. The normalized spacial score (nSPS) is 11.3. The summed E-state index contributed by atoms with van der Waals surface area (Å²) in [6.07, 6.45) is 5.30. The molecule has 4 rings (SSSR count). The maximum atomic E-state index is 9.39. The van der Waals surface area contributed by atoms with E-state index < -0.39 is 0 Å². The molecule has 4 aromatic rings. The minimum absolute atomic E-state index is 0.271. The van der Waals surface area contributed by atoms with E-state index in [1.54, 1.807) is 24.3 Å². The summed E-state index contributed by atoms with van der Waals surface area (Å²) in [5.74, 6) is 2.02. The number of nitrogens with zero attached hydrogens (tertiary/aromatic N) is 2. The number of para-hydroxylation sites is 1. The molecular formula is C30H28N2O3. The Labute approximate surface area is 205 Å². The summed E-state index contributed by atoms with van der Waals surface area (Å²) in [4.78, 5) is 9.08. The first-order chi connectivity index (χ1) is 17.2. The highest BCUT2D eigenvalue weighted by atomic mass is 16.5. The second-order valence-electron chi connectivity index (χ2n) is 8.12. The largest absolute Gasteiger partial charge is 0.508 e. The van der Waals surface area contributed by atoms with Crippen LogP contribution in [0.15, 0.2) is 107 Å². The summed E-state index contributed by atoms with van der Waals surface area (Å²) in [5, 5.41) is 18.8. The predicted molar refractivity (Wildman–Crippen MR) is 142 cm³/mol. The zero-order valence-corrected chi connectivity index (χ0v) is 19.4. The van der Waals surface area contributed by atoms with Crippen molar-refractivity contribution >= 4 is 12.4 Å². The van der Waals surface area contributed by atoms with Crippen LogP contribution < -0.4 is 4.74 Å². The minimum Gasteiger partial charge on any atom is -0.508 e. The lowest BCUT2D eigenvalue weighted by molar-refractivity contribution is 0.474. The van der Waals surface area contributed by atoms with Gasteiger partial charge >= 0.3 is 0 Å². The molecule has 0 aliphatic rings. The Kier molecular flexibility index (Phi) is 8.28. The predicted octanol–water partition coefficient (Wildman–Crippen LogP) is 6.21. The highest BCUT2D eigenvalue weighted by Crippen LogP contribution is 2.25. The van der Waals surface area contributed by atoms with Crippen molar-refractivity contribution in [1.82, 2.24) is 0 Å². The van der Waals surface area contributed by atoms with E-state index in [4.69, 9.17) is 4.74 Å². The fourth-order valence-corrected chi connectivity index (χ4v) is 3.51. The summed E-state index contributed by atoms with van der Waals surface area (Å²) >= 11 is 0. The number of phenolic OH excluding ortho intramolecular Hbond substituents is 2. The number of rotatable bonds is 10. The van der Waals surface area contributed by atoms with E-state index in [2.05, 4.69) is 9.98 Å². The van der Waals surface area contributed by atoms with Crippen molar-refractivity contribution in [1.29, 1.82) is 0 Å². The van der Waals surface area contributed by atoms with Gasteiger partial charge in [0.15, 0.2) is 0 Å². The number of hydrogen-bond donors (Lipinski definition) is 2. The van der Waals surface area contributed by atoms with E-state index in [0.29, 0.717) is 13.1 Å². The standard InChI is InChI=1S/C30H28N2O3/c33-27-12-8-23(9-13-27)16-18-31-21-25-4-3-6-29(20-25)35-30-7-2-1-5-26(30)22-32-19-17-24-10-14-28(34)15-11-24/h1-15,20-22,33-34H,16-19H2/b31-21+,32-22+. The molecule has 0 radical (unpaired) electrons. The van der Waals surface area contributed by atoms with E-state index in [0.717, 1.165) is 46.6 Å². The zero-order valence-electron chi connectivity index (χ0n) is 19.4. The number of phenols is 2. The van der Waals surface area contributed by atoms with Gasteiger partial charge in [0.05, 0.1) is 0 Å². The maximum absolute atomic E-state index is 9.39. The van der Waals surface area contributed by atoms with Crippen molar-refractivity contribution in [3.05, 3.63) is 119 Å². The summed E-state index contributed by atoms with van der Waals surface area (Å²) in [7, 11) is 0. The first-order valence-corrected chi connectivity index (χ1v) is 11.6. The molecule has 0 spiro atoms. The van der Waals surface area contributed by atoms with Crippen molar-refractivity contribution in [3.63, 3.8) is 0 Å². The minimum atomic E-state index is 0.271. The van der Waals surface area contributed by atoms with Crippen LogP contribution in [0.1, 0.15) is 22.3 Å². The Morgan fingerprint density at radius 1 is 0.629 bits per heavy atom. The average molecular weight is 465 g/mol. The van der Waals surface area contributed by atoms with Gasteiger partial charge in [0.2, 0.25) is 0 Å². The Hall–Kier alpha value is -4.38. The van der Waals surface area contributed by atoms with Crippen LogP contribution in [0.2, 0.25) is 0 Å². The Bertz CT molecular complexity index is 1280. The summed E-state index contributed by atoms with van der Waals surface area (Å²) in [6, 6.07) is 30.0. The maximum Gasteiger partial charge on any atom is 0.136 e. The summed E-state index contributed by atoms with van der Waals surface area (Å²) in [5.41, 5.74) is 4.14. The molecule has 0 heterocycles. The van der Waals surface area contributed by atoms with E-state index in [1.807, 2.05) is 85.2 Å². The number of ether oxygens (including phenoxy) is 1. The van der Waals surface area contributed by atoms with Gasteiger partial charge < -0.3 is 14.9 Å². The van der Waals surface area contributed by atoms with Crippen LogP contribution in [0.3, 0.4) is 0 Å². The molecule has 0 fully saturated rings. The molecule has 2 N–H and O–H groups in total. The molecule has 5 heteroatoms. The third-order valence-corrected chi connectivity index (χ3v) is 5.41. The van der Waals surface area contributed by atoms with E-state index in [9.17, 15) is 10.2 Å². The average Bonchev–Trinajstić information content (AvgIpc) is 2.88. The lowest BCUT2D eigenvalue weighted by Crippen LogP contribution is -1.94. The topological polar surface area (TPSA) is 74.4 Å². The second kappa shape index (κ2) is 12.2. The van der Waals surface area contributed by atoms with Crippen LogP contribution in [0.4, 0.5) is 0 Å². The SMILES string of the molecule is Oc1ccc(CC/N=C/c2cccc(Oc3ccccc3/C=N/CCc3ccc(O)cc3)c2)cc1. The van der Waals surface area contributed by atoms with Gasteiger partial charge in [-0.3, -0.25) is 9.98 Å². The lowest BCUT2D eigenvalue weighted by atomic mass is 10.1. The van der Waals surface area contributed by atoms with Gasteiger partial charge in [-0.15, -0.1) is 0 Å². The molecule has 0 atom stereocenters. The van der Waals surface area contributed by atoms with Crippen LogP contribution >= 0.6 is 0 Å². The molecule has 0 saturated heterocycles. The van der Waals surface area contributed by atoms with E-state index >= 15 is 0 Å². The zero-order chi connectivity index (χ0) is 24.3. The molecular weight excluding hydrogens is 436 g/mol. The molecule has 0 saturated carbocycles. The van der Waals surface area contributed by atoms with Crippen molar-refractivity contribution in [2.45, 2.75) is 12.8 Å². The molecule has 0 aliphatic heterocycles. The molecule has 35 heavy (non-hydrogen) atoms. The number of hydrogen-bond acceptors (Lipinski definition) is 5. The van der Waals surface area contributed by atoms with Crippen LogP contribution in [-0.2, 0) is 12.8 Å². The van der Waals surface area contributed by atoms with Gasteiger partial charge in [0.1, 0.15) is 23.0 Å². The molecule has 0 aliphatic carbocycles. The lowest BCUT2D eigenvalue weighted by Gasteiger charge is -2.09. The van der Waals surface area contributed by atoms with Gasteiger partial charge in [0.25, 0.3) is 0 Å². The van der Waals surface area contributed by atoms with Crippen molar-refractivity contribution in [2.24, 2.45) is 9.98 Å². The van der Waals surface area contributed by atoms with Crippen LogP contribution in [0, 0.1) is 0 Å². The molecule has 5 nitrogen and oxygen atoms in total. The van der Waals surface area contributed by atoms with Crippen LogP contribution in [0.5, 0.6) is 23.0 Å².